The smallest absolute Gasteiger partial charge is 0.0357 e. The van der Waals surface area contributed by atoms with Crippen molar-refractivity contribution in [2.75, 3.05) is 0 Å². The number of hydrogen-bond donors (Lipinski definition) is 0. The van der Waals surface area contributed by atoms with Crippen molar-refractivity contribution in [3.05, 3.63) is 0 Å². The molecule has 0 aromatic carbocycles. The summed E-state index contributed by atoms with van der Waals surface area (Å²) in [6.07, 6.45) is 19.7. The summed E-state index contributed by atoms with van der Waals surface area (Å²) in [5.41, 5.74) is 0. The van der Waals surface area contributed by atoms with Crippen molar-refractivity contribution >= 4 is 0 Å². The van der Waals surface area contributed by atoms with Gasteiger partial charge in [0.2, 0.25) is 0 Å². The predicted octanol–water partition coefficient (Wildman–Crippen LogP) is 6.59. The molecule has 0 heterocycles. The van der Waals surface area contributed by atoms with Crippen molar-refractivity contribution in [2.45, 2.75) is 97.3 Å². The normalized spacial score (nSPS) is 36.9. The lowest BCUT2D eigenvalue weighted by molar-refractivity contribution is 0.0790. The van der Waals surface area contributed by atoms with Gasteiger partial charge in [0.15, 0.2) is 0 Å². The minimum absolute atomic E-state index is 1.07. The molecule has 2 aliphatic rings. The largest absolute Gasteiger partial charge is 0.0654 e. The van der Waals surface area contributed by atoms with Crippen LogP contribution in [0.2, 0.25) is 0 Å². The zero-order valence-electron chi connectivity index (χ0n) is 13.5. The van der Waals surface area contributed by atoms with Crippen molar-refractivity contribution in [2.24, 2.45) is 23.7 Å². The van der Waals surface area contributed by atoms with Crippen LogP contribution in [0.15, 0.2) is 0 Å². The molecule has 0 spiro atoms. The summed E-state index contributed by atoms with van der Waals surface area (Å²) in [5, 5.41) is 0. The molecule has 0 aliphatic heterocycles. The molecule has 4 unspecified atom stereocenters. The molecule has 0 nitrogen and oxygen atoms in total. The third-order valence-electron chi connectivity index (χ3n) is 5.95. The number of fused-ring (bicyclic) bond motifs is 1. The van der Waals surface area contributed by atoms with Crippen molar-refractivity contribution in [3.8, 4) is 0 Å². The number of rotatable bonds is 4. The van der Waals surface area contributed by atoms with Gasteiger partial charge in [-0.05, 0) is 42.9 Å². The summed E-state index contributed by atoms with van der Waals surface area (Å²) in [6.45, 7) is 4.78. The van der Waals surface area contributed by atoms with E-state index in [0.29, 0.717) is 0 Å². The Labute approximate surface area is 121 Å². The van der Waals surface area contributed by atoms with Crippen LogP contribution in [0, 0.1) is 23.7 Å². The highest BCUT2D eigenvalue weighted by Crippen LogP contribution is 2.46. The van der Waals surface area contributed by atoms with Crippen LogP contribution in [0.5, 0.6) is 0 Å². The van der Waals surface area contributed by atoms with Crippen LogP contribution >= 0.6 is 0 Å². The average Bonchev–Trinajstić information content (AvgIpc) is 2.51. The first kappa shape index (κ1) is 15.4. The molecule has 0 radical (unpaired) electrons. The molecule has 2 rings (SSSR count). The van der Waals surface area contributed by atoms with Gasteiger partial charge in [0, 0.05) is 0 Å². The molecule has 0 bridgehead atoms. The van der Waals surface area contributed by atoms with Gasteiger partial charge in [-0.25, -0.2) is 0 Å². The van der Waals surface area contributed by atoms with Crippen LogP contribution < -0.4 is 0 Å². The Hall–Kier alpha value is 0. The van der Waals surface area contributed by atoms with E-state index in [0.717, 1.165) is 23.7 Å². The monoisotopic (exact) mass is 264 g/mol. The van der Waals surface area contributed by atoms with Gasteiger partial charge in [0.25, 0.3) is 0 Å². The summed E-state index contributed by atoms with van der Waals surface area (Å²) in [5.74, 6) is 4.35. The summed E-state index contributed by atoms with van der Waals surface area (Å²) in [4.78, 5) is 0. The first-order valence-electron chi connectivity index (χ1n) is 9.35. The summed E-state index contributed by atoms with van der Waals surface area (Å²) >= 11 is 0. The minimum Gasteiger partial charge on any atom is -0.0654 e. The van der Waals surface area contributed by atoms with E-state index in [-0.39, 0.29) is 0 Å². The molecule has 0 N–H and O–H groups in total. The highest BCUT2D eigenvalue weighted by atomic mass is 14.4. The maximum atomic E-state index is 2.40. The van der Waals surface area contributed by atoms with E-state index in [2.05, 4.69) is 13.8 Å². The Morgan fingerprint density at radius 3 is 2.16 bits per heavy atom. The average molecular weight is 264 g/mol. The van der Waals surface area contributed by atoms with Crippen LogP contribution in [0.25, 0.3) is 0 Å². The Balaban J connectivity index is 2.01. The highest BCUT2D eigenvalue weighted by Gasteiger charge is 2.36. The van der Waals surface area contributed by atoms with Gasteiger partial charge in [-0.1, -0.05) is 78.1 Å². The van der Waals surface area contributed by atoms with Gasteiger partial charge in [0.1, 0.15) is 0 Å². The predicted molar refractivity (Wildman–Crippen MR) is 85.3 cm³/mol. The minimum atomic E-state index is 1.07. The highest BCUT2D eigenvalue weighted by molar-refractivity contribution is 4.86. The van der Waals surface area contributed by atoms with Crippen LogP contribution in [0.1, 0.15) is 97.3 Å². The summed E-state index contributed by atoms with van der Waals surface area (Å²) in [6, 6.07) is 0. The Kier molecular flexibility index (Phi) is 6.74. The van der Waals surface area contributed by atoms with Crippen molar-refractivity contribution in [1.82, 2.24) is 0 Å². The van der Waals surface area contributed by atoms with Crippen LogP contribution in [0.3, 0.4) is 0 Å². The maximum Gasteiger partial charge on any atom is -0.0357 e. The van der Waals surface area contributed by atoms with E-state index in [9.17, 15) is 0 Å². The molecule has 2 fully saturated rings. The van der Waals surface area contributed by atoms with Crippen LogP contribution in [0.4, 0.5) is 0 Å². The standard InChI is InChI=1S/C19H36/c1-3-10-16-14-17(11-4-2)19-13-9-7-5-6-8-12-18(19)15-16/h16-19H,3-15H2,1-2H3. The number of hydrogen-bond acceptors (Lipinski definition) is 0. The molecule has 19 heavy (non-hydrogen) atoms. The van der Waals surface area contributed by atoms with Crippen molar-refractivity contribution in [1.29, 1.82) is 0 Å². The first-order chi connectivity index (χ1) is 9.35. The lowest BCUT2D eigenvalue weighted by Crippen LogP contribution is -2.33. The zero-order chi connectivity index (χ0) is 13.5. The van der Waals surface area contributed by atoms with Crippen molar-refractivity contribution < 1.29 is 0 Å². The molecular formula is C19H36. The molecule has 2 aliphatic carbocycles. The lowest BCUT2D eigenvalue weighted by atomic mass is 9.63. The van der Waals surface area contributed by atoms with Gasteiger partial charge in [0.05, 0.1) is 0 Å². The SMILES string of the molecule is CCCC1CC(CCC)C2CCCCCCCC2C1. The van der Waals surface area contributed by atoms with E-state index >= 15 is 0 Å². The fourth-order valence-corrected chi connectivity index (χ4v) is 5.15. The van der Waals surface area contributed by atoms with Gasteiger partial charge in [-0.2, -0.15) is 0 Å². The van der Waals surface area contributed by atoms with E-state index in [1.807, 2.05) is 0 Å². The summed E-state index contributed by atoms with van der Waals surface area (Å²) in [7, 11) is 0. The second-order valence-corrected chi connectivity index (χ2v) is 7.44. The Morgan fingerprint density at radius 2 is 1.42 bits per heavy atom. The molecule has 0 heteroatoms. The summed E-state index contributed by atoms with van der Waals surface area (Å²) < 4.78 is 0. The quantitative estimate of drug-likeness (QED) is 0.537. The molecule has 112 valence electrons. The Bertz CT molecular complexity index is 232. The molecule has 0 amide bonds. The van der Waals surface area contributed by atoms with E-state index in [4.69, 9.17) is 0 Å². The second-order valence-electron chi connectivity index (χ2n) is 7.44. The topological polar surface area (TPSA) is 0 Å². The van der Waals surface area contributed by atoms with Crippen LogP contribution in [-0.2, 0) is 0 Å². The Morgan fingerprint density at radius 1 is 0.737 bits per heavy atom. The molecule has 2 saturated carbocycles. The first-order valence-corrected chi connectivity index (χ1v) is 9.35. The third kappa shape index (κ3) is 4.50. The van der Waals surface area contributed by atoms with E-state index in [1.165, 1.54) is 57.8 Å². The second kappa shape index (κ2) is 8.32. The molecule has 0 aromatic heterocycles. The fourth-order valence-electron chi connectivity index (χ4n) is 5.15. The van der Waals surface area contributed by atoms with E-state index in [1.54, 1.807) is 25.7 Å². The molecule has 4 atom stereocenters. The lowest BCUT2D eigenvalue weighted by Gasteiger charge is -2.42. The van der Waals surface area contributed by atoms with Crippen molar-refractivity contribution in [3.63, 3.8) is 0 Å². The van der Waals surface area contributed by atoms with Gasteiger partial charge in [-0.3, -0.25) is 0 Å². The molecular weight excluding hydrogens is 228 g/mol. The van der Waals surface area contributed by atoms with Gasteiger partial charge >= 0.3 is 0 Å². The fraction of sp³-hybridized carbons (Fsp3) is 1.00. The van der Waals surface area contributed by atoms with Gasteiger partial charge < -0.3 is 0 Å². The molecule has 0 aromatic rings. The molecule has 0 saturated heterocycles. The van der Waals surface area contributed by atoms with E-state index < -0.39 is 0 Å². The third-order valence-corrected chi connectivity index (χ3v) is 5.95. The maximum absolute atomic E-state index is 2.40. The van der Waals surface area contributed by atoms with Gasteiger partial charge in [-0.15, -0.1) is 0 Å². The zero-order valence-corrected chi connectivity index (χ0v) is 13.5. The van der Waals surface area contributed by atoms with Crippen LogP contribution in [-0.4, -0.2) is 0 Å².